The summed E-state index contributed by atoms with van der Waals surface area (Å²) >= 11 is 0. The average Bonchev–Trinajstić information content (AvgIpc) is 2.15. The molecule has 2 N–H and O–H groups in total. The Morgan fingerprint density at radius 2 is 2.20 bits per heavy atom. The predicted octanol–water partition coefficient (Wildman–Crippen LogP) is 1.76. The maximum Gasteiger partial charge on any atom is 0.238 e. The van der Waals surface area contributed by atoms with Gasteiger partial charge in [0.05, 0.1) is 6.54 Å². The molecule has 0 saturated heterocycles. The Morgan fingerprint density at radius 1 is 1.47 bits per heavy atom. The van der Waals surface area contributed by atoms with E-state index in [2.05, 4.69) is 10.6 Å². The molecule has 1 aromatic carbocycles. The van der Waals surface area contributed by atoms with Crippen LogP contribution in [-0.4, -0.2) is 18.5 Å². The third-order valence-electron chi connectivity index (χ3n) is 1.78. The van der Waals surface area contributed by atoms with Crippen molar-refractivity contribution in [3.8, 4) is 0 Å². The van der Waals surface area contributed by atoms with Crippen LogP contribution >= 0.6 is 0 Å². The van der Waals surface area contributed by atoms with Gasteiger partial charge in [0.1, 0.15) is 5.82 Å². The molecule has 0 aliphatic rings. The highest BCUT2D eigenvalue weighted by Crippen LogP contribution is 2.08. The molecule has 1 rings (SSSR count). The summed E-state index contributed by atoms with van der Waals surface area (Å²) in [5.41, 5.74) is 0.477. The minimum atomic E-state index is -0.357. The van der Waals surface area contributed by atoms with Crippen LogP contribution in [0.4, 0.5) is 10.1 Å². The molecular formula is C11H15FN2O. The van der Waals surface area contributed by atoms with Crippen LogP contribution in [0.25, 0.3) is 0 Å². The summed E-state index contributed by atoms with van der Waals surface area (Å²) in [5.74, 6) is -0.529. The monoisotopic (exact) mass is 210 g/mol. The molecule has 0 heterocycles. The van der Waals surface area contributed by atoms with Crippen molar-refractivity contribution in [2.24, 2.45) is 0 Å². The minimum absolute atomic E-state index is 0.172. The lowest BCUT2D eigenvalue weighted by Crippen LogP contribution is -2.32. The summed E-state index contributed by atoms with van der Waals surface area (Å²) in [5, 5.41) is 5.57. The SMILES string of the molecule is CC(C)NCC(=O)Nc1cccc(F)c1. The zero-order valence-electron chi connectivity index (χ0n) is 8.88. The number of anilines is 1. The molecule has 0 radical (unpaired) electrons. The maximum absolute atomic E-state index is 12.8. The van der Waals surface area contributed by atoms with Crippen molar-refractivity contribution >= 4 is 11.6 Å². The Labute approximate surface area is 88.7 Å². The van der Waals surface area contributed by atoms with Crippen LogP contribution in [-0.2, 0) is 4.79 Å². The molecule has 1 aromatic rings. The van der Waals surface area contributed by atoms with Gasteiger partial charge in [0.2, 0.25) is 5.91 Å². The second-order valence-electron chi connectivity index (χ2n) is 3.59. The van der Waals surface area contributed by atoms with E-state index in [9.17, 15) is 9.18 Å². The van der Waals surface area contributed by atoms with Crippen molar-refractivity contribution in [1.82, 2.24) is 5.32 Å². The first kappa shape index (κ1) is 11.7. The first-order valence-electron chi connectivity index (χ1n) is 4.86. The van der Waals surface area contributed by atoms with E-state index in [1.165, 1.54) is 12.1 Å². The lowest BCUT2D eigenvalue weighted by Gasteiger charge is -2.08. The fourth-order valence-corrected chi connectivity index (χ4v) is 1.07. The molecule has 0 aromatic heterocycles. The van der Waals surface area contributed by atoms with E-state index < -0.39 is 0 Å². The molecule has 0 atom stereocenters. The quantitative estimate of drug-likeness (QED) is 0.795. The number of carbonyl (C=O) groups is 1. The van der Waals surface area contributed by atoms with Gasteiger partial charge in [-0.3, -0.25) is 4.79 Å². The van der Waals surface area contributed by atoms with Gasteiger partial charge >= 0.3 is 0 Å². The Hall–Kier alpha value is -1.42. The molecule has 0 unspecified atom stereocenters. The summed E-state index contributed by atoms with van der Waals surface area (Å²) < 4.78 is 12.8. The molecular weight excluding hydrogens is 195 g/mol. The van der Waals surface area contributed by atoms with Gasteiger partial charge in [-0.25, -0.2) is 4.39 Å². The lowest BCUT2D eigenvalue weighted by molar-refractivity contribution is -0.115. The molecule has 15 heavy (non-hydrogen) atoms. The summed E-state index contributed by atoms with van der Waals surface area (Å²) in [7, 11) is 0. The van der Waals surface area contributed by atoms with Crippen molar-refractivity contribution in [3.05, 3.63) is 30.1 Å². The Bertz CT molecular complexity index is 339. The van der Waals surface area contributed by atoms with Crippen molar-refractivity contribution in [3.63, 3.8) is 0 Å². The predicted molar refractivity (Wildman–Crippen MR) is 58.2 cm³/mol. The van der Waals surface area contributed by atoms with Crippen LogP contribution in [0.1, 0.15) is 13.8 Å². The van der Waals surface area contributed by atoms with E-state index in [0.29, 0.717) is 5.69 Å². The molecule has 0 saturated carbocycles. The number of nitrogens with one attached hydrogen (secondary N) is 2. The van der Waals surface area contributed by atoms with E-state index in [0.717, 1.165) is 0 Å². The van der Waals surface area contributed by atoms with Crippen LogP contribution in [0.5, 0.6) is 0 Å². The second-order valence-corrected chi connectivity index (χ2v) is 3.59. The second kappa shape index (κ2) is 5.46. The third-order valence-corrected chi connectivity index (χ3v) is 1.78. The van der Waals surface area contributed by atoms with E-state index in [-0.39, 0.29) is 24.3 Å². The Morgan fingerprint density at radius 3 is 2.80 bits per heavy atom. The van der Waals surface area contributed by atoms with Crippen LogP contribution in [0.3, 0.4) is 0 Å². The maximum atomic E-state index is 12.8. The number of rotatable bonds is 4. The highest BCUT2D eigenvalue weighted by Gasteiger charge is 2.03. The molecule has 82 valence electrons. The van der Waals surface area contributed by atoms with E-state index in [1.807, 2.05) is 13.8 Å². The van der Waals surface area contributed by atoms with Crippen LogP contribution in [0.15, 0.2) is 24.3 Å². The Balaban J connectivity index is 2.44. The number of hydrogen-bond donors (Lipinski definition) is 2. The van der Waals surface area contributed by atoms with Gasteiger partial charge in [-0.2, -0.15) is 0 Å². The minimum Gasteiger partial charge on any atom is -0.325 e. The number of benzene rings is 1. The van der Waals surface area contributed by atoms with Gasteiger partial charge in [0.25, 0.3) is 0 Å². The van der Waals surface area contributed by atoms with Crippen LogP contribution in [0, 0.1) is 5.82 Å². The highest BCUT2D eigenvalue weighted by molar-refractivity contribution is 5.92. The number of carbonyl (C=O) groups excluding carboxylic acids is 1. The van der Waals surface area contributed by atoms with Gasteiger partial charge in [-0.1, -0.05) is 19.9 Å². The fourth-order valence-electron chi connectivity index (χ4n) is 1.07. The topological polar surface area (TPSA) is 41.1 Å². The Kier molecular flexibility index (Phi) is 4.24. The first-order chi connectivity index (χ1) is 7.08. The van der Waals surface area contributed by atoms with E-state index in [4.69, 9.17) is 0 Å². The number of amides is 1. The summed E-state index contributed by atoms with van der Waals surface area (Å²) in [6.07, 6.45) is 0. The van der Waals surface area contributed by atoms with Crippen LogP contribution < -0.4 is 10.6 Å². The summed E-state index contributed by atoms with van der Waals surface area (Å²) in [6, 6.07) is 6.08. The molecule has 0 fully saturated rings. The fraction of sp³-hybridized carbons (Fsp3) is 0.364. The van der Waals surface area contributed by atoms with Gasteiger partial charge in [0, 0.05) is 11.7 Å². The number of hydrogen-bond acceptors (Lipinski definition) is 2. The first-order valence-corrected chi connectivity index (χ1v) is 4.86. The largest absolute Gasteiger partial charge is 0.325 e. The van der Waals surface area contributed by atoms with Crippen molar-refractivity contribution in [2.75, 3.05) is 11.9 Å². The molecule has 4 heteroatoms. The standard InChI is InChI=1S/C11H15FN2O/c1-8(2)13-7-11(15)14-10-5-3-4-9(12)6-10/h3-6,8,13H,7H2,1-2H3,(H,14,15). The molecule has 0 aliphatic heterocycles. The molecule has 0 bridgehead atoms. The third kappa shape index (κ3) is 4.56. The highest BCUT2D eigenvalue weighted by atomic mass is 19.1. The van der Waals surface area contributed by atoms with Crippen molar-refractivity contribution in [2.45, 2.75) is 19.9 Å². The van der Waals surface area contributed by atoms with E-state index >= 15 is 0 Å². The van der Waals surface area contributed by atoms with Crippen molar-refractivity contribution < 1.29 is 9.18 Å². The van der Waals surface area contributed by atoms with Gasteiger partial charge < -0.3 is 10.6 Å². The summed E-state index contributed by atoms with van der Waals surface area (Å²) in [4.78, 5) is 11.3. The number of halogens is 1. The van der Waals surface area contributed by atoms with Gasteiger partial charge in [0.15, 0.2) is 0 Å². The molecule has 0 aliphatic carbocycles. The van der Waals surface area contributed by atoms with Crippen molar-refractivity contribution in [1.29, 1.82) is 0 Å². The van der Waals surface area contributed by atoms with E-state index in [1.54, 1.807) is 12.1 Å². The smallest absolute Gasteiger partial charge is 0.238 e. The zero-order valence-corrected chi connectivity index (χ0v) is 8.88. The van der Waals surface area contributed by atoms with Gasteiger partial charge in [-0.05, 0) is 18.2 Å². The summed E-state index contributed by atoms with van der Waals surface area (Å²) in [6.45, 7) is 4.14. The average molecular weight is 210 g/mol. The lowest BCUT2D eigenvalue weighted by atomic mass is 10.3. The zero-order chi connectivity index (χ0) is 11.3. The molecule has 0 spiro atoms. The van der Waals surface area contributed by atoms with Gasteiger partial charge in [-0.15, -0.1) is 0 Å². The normalized spacial score (nSPS) is 10.4. The molecule has 3 nitrogen and oxygen atoms in total. The van der Waals surface area contributed by atoms with Crippen LogP contribution in [0.2, 0.25) is 0 Å². The molecule has 1 amide bonds.